The molecule has 1 aliphatic heterocycles. The van der Waals surface area contributed by atoms with Crippen molar-refractivity contribution < 1.29 is 5.11 Å². The molecule has 4 rings (SSSR count). The lowest BCUT2D eigenvalue weighted by Gasteiger charge is -2.30. The zero-order valence-corrected chi connectivity index (χ0v) is 14.7. The van der Waals surface area contributed by atoms with E-state index < -0.39 is 0 Å². The fraction of sp³-hybridized carbons (Fsp3) is 0.318. The van der Waals surface area contributed by atoms with E-state index in [4.69, 9.17) is 0 Å². The summed E-state index contributed by atoms with van der Waals surface area (Å²) in [6.45, 7) is 5.30. The Morgan fingerprint density at radius 1 is 1.08 bits per heavy atom. The van der Waals surface area contributed by atoms with Gasteiger partial charge in [-0.05, 0) is 55.1 Å². The van der Waals surface area contributed by atoms with Gasteiger partial charge in [0, 0.05) is 23.7 Å². The van der Waals surface area contributed by atoms with E-state index in [9.17, 15) is 5.11 Å². The predicted octanol–water partition coefficient (Wildman–Crippen LogP) is 4.84. The monoisotopic (exact) mass is 332 g/mol. The van der Waals surface area contributed by atoms with Crippen molar-refractivity contribution in [2.75, 3.05) is 13.1 Å². The van der Waals surface area contributed by atoms with Gasteiger partial charge >= 0.3 is 0 Å². The second-order valence-electron chi connectivity index (χ2n) is 7.16. The van der Waals surface area contributed by atoms with Crippen molar-refractivity contribution in [3.05, 3.63) is 60.3 Å². The van der Waals surface area contributed by atoms with Crippen LogP contribution >= 0.6 is 0 Å². The number of likely N-dealkylation sites (tertiary alicyclic amines) is 1. The van der Waals surface area contributed by atoms with Crippen molar-refractivity contribution in [2.24, 2.45) is 5.92 Å². The summed E-state index contributed by atoms with van der Waals surface area (Å²) in [5.74, 6) is 1.14. The highest BCUT2D eigenvalue weighted by Gasteiger charge is 2.19. The molecule has 25 heavy (non-hydrogen) atoms. The van der Waals surface area contributed by atoms with Gasteiger partial charge in [-0.3, -0.25) is 9.88 Å². The molecule has 0 spiro atoms. The molecule has 1 aliphatic rings. The molecule has 0 bridgehead atoms. The van der Waals surface area contributed by atoms with Crippen molar-refractivity contribution >= 4 is 10.9 Å². The lowest BCUT2D eigenvalue weighted by Crippen LogP contribution is -2.32. The zero-order valence-electron chi connectivity index (χ0n) is 14.7. The third-order valence-electron chi connectivity index (χ3n) is 5.30. The van der Waals surface area contributed by atoms with Crippen molar-refractivity contribution in [3.8, 4) is 16.9 Å². The average molecular weight is 332 g/mol. The lowest BCUT2D eigenvalue weighted by molar-refractivity contribution is 0.184. The van der Waals surface area contributed by atoms with Gasteiger partial charge in [0.2, 0.25) is 0 Å². The van der Waals surface area contributed by atoms with E-state index >= 15 is 0 Å². The summed E-state index contributed by atoms with van der Waals surface area (Å²) in [6.07, 6.45) is 4.22. The van der Waals surface area contributed by atoms with Crippen LogP contribution in [-0.4, -0.2) is 28.1 Å². The summed E-state index contributed by atoms with van der Waals surface area (Å²) in [6, 6.07) is 16.5. The highest BCUT2D eigenvalue weighted by molar-refractivity contribution is 5.98. The maximum atomic E-state index is 10.8. The Labute approximate surface area is 148 Å². The topological polar surface area (TPSA) is 36.4 Å². The highest BCUT2D eigenvalue weighted by atomic mass is 16.3. The number of aromatic hydroxyl groups is 1. The molecule has 0 saturated carbocycles. The molecule has 2 aromatic carbocycles. The van der Waals surface area contributed by atoms with Gasteiger partial charge in [-0.1, -0.05) is 43.3 Å². The van der Waals surface area contributed by atoms with Crippen LogP contribution < -0.4 is 0 Å². The number of aromatic nitrogens is 1. The number of hydrogen-bond donors (Lipinski definition) is 1. The van der Waals surface area contributed by atoms with Crippen LogP contribution in [0.5, 0.6) is 5.75 Å². The molecule has 0 amide bonds. The number of piperidine rings is 1. The molecule has 3 nitrogen and oxygen atoms in total. The third kappa shape index (κ3) is 3.24. The number of hydrogen-bond acceptors (Lipinski definition) is 3. The Morgan fingerprint density at radius 2 is 1.84 bits per heavy atom. The van der Waals surface area contributed by atoms with Gasteiger partial charge in [-0.2, -0.15) is 0 Å². The van der Waals surface area contributed by atoms with Gasteiger partial charge in [-0.15, -0.1) is 0 Å². The highest BCUT2D eigenvalue weighted by Crippen LogP contribution is 2.36. The van der Waals surface area contributed by atoms with Crippen LogP contribution in [0.25, 0.3) is 22.0 Å². The number of phenolic OH excluding ortho intramolecular Hbond substituents is 1. The third-order valence-corrected chi connectivity index (χ3v) is 5.30. The van der Waals surface area contributed by atoms with E-state index in [2.05, 4.69) is 47.1 Å². The Bertz CT molecular complexity index is 868. The maximum absolute atomic E-state index is 10.8. The van der Waals surface area contributed by atoms with E-state index in [0.717, 1.165) is 47.6 Å². The van der Waals surface area contributed by atoms with Crippen molar-refractivity contribution in [2.45, 2.75) is 26.3 Å². The predicted molar refractivity (Wildman–Crippen MR) is 103 cm³/mol. The molecular weight excluding hydrogens is 308 g/mol. The number of phenols is 1. The van der Waals surface area contributed by atoms with Crippen LogP contribution in [0.15, 0.2) is 54.7 Å². The molecule has 0 radical (unpaired) electrons. The average Bonchev–Trinajstić information content (AvgIpc) is 2.66. The molecule has 1 saturated heterocycles. The van der Waals surface area contributed by atoms with E-state index in [-0.39, 0.29) is 0 Å². The number of benzene rings is 2. The van der Waals surface area contributed by atoms with Crippen molar-refractivity contribution in [1.29, 1.82) is 0 Å². The minimum Gasteiger partial charge on any atom is -0.505 e. The minimum absolute atomic E-state index is 0.328. The summed E-state index contributed by atoms with van der Waals surface area (Å²) in [5, 5.41) is 11.8. The van der Waals surface area contributed by atoms with E-state index in [1.54, 1.807) is 6.20 Å². The molecule has 128 valence electrons. The van der Waals surface area contributed by atoms with Crippen LogP contribution in [0, 0.1) is 5.92 Å². The summed E-state index contributed by atoms with van der Waals surface area (Å²) >= 11 is 0. The summed E-state index contributed by atoms with van der Waals surface area (Å²) < 4.78 is 0. The molecule has 0 unspecified atom stereocenters. The Kier molecular flexibility index (Phi) is 4.41. The first kappa shape index (κ1) is 16.1. The molecular formula is C22H24N2O. The quantitative estimate of drug-likeness (QED) is 0.745. The van der Waals surface area contributed by atoms with E-state index in [0.29, 0.717) is 11.3 Å². The fourth-order valence-electron chi connectivity index (χ4n) is 3.72. The molecule has 1 aromatic heterocycles. The van der Waals surface area contributed by atoms with Crippen LogP contribution in [0.4, 0.5) is 0 Å². The molecule has 1 N–H and O–H groups in total. The molecule has 0 atom stereocenters. The van der Waals surface area contributed by atoms with Gasteiger partial charge in [0.05, 0.1) is 0 Å². The molecule has 3 aromatic rings. The Hall–Kier alpha value is -2.39. The molecule has 1 fully saturated rings. The first-order chi connectivity index (χ1) is 12.2. The molecule has 3 heteroatoms. The summed E-state index contributed by atoms with van der Waals surface area (Å²) in [4.78, 5) is 6.91. The molecule has 2 heterocycles. The first-order valence-corrected chi connectivity index (χ1v) is 9.09. The second kappa shape index (κ2) is 6.85. The second-order valence-corrected chi connectivity index (χ2v) is 7.16. The Balaban J connectivity index is 1.78. The van der Waals surface area contributed by atoms with Crippen LogP contribution in [0.2, 0.25) is 0 Å². The summed E-state index contributed by atoms with van der Waals surface area (Å²) in [7, 11) is 0. The fourth-order valence-corrected chi connectivity index (χ4v) is 3.72. The van der Waals surface area contributed by atoms with E-state index in [1.165, 1.54) is 12.8 Å². The minimum atomic E-state index is 0.328. The smallest absolute Gasteiger partial charge is 0.146 e. The summed E-state index contributed by atoms with van der Waals surface area (Å²) in [5.41, 5.74) is 3.97. The van der Waals surface area contributed by atoms with Crippen molar-refractivity contribution in [3.63, 3.8) is 0 Å². The van der Waals surface area contributed by atoms with Crippen LogP contribution in [0.3, 0.4) is 0 Å². The van der Waals surface area contributed by atoms with Crippen LogP contribution in [-0.2, 0) is 6.54 Å². The van der Waals surface area contributed by atoms with Crippen molar-refractivity contribution in [1.82, 2.24) is 9.88 Å². The normalized spacial score (nSPS) is 16.4. The lowest BCUT2D eigenvalue weighted by atomic mass is 9.95. The van der Waals surface area contributed by atoms with E-state index in [1.807, 2.05) is 18.2 Å². The number of pyridine rings is 1. The number of fused-ring (bicyclic) bond motifs is 1. The van der Waals surface area contributed by atoms with Gasteiger partial charge in [0.25, 0.3) is 0 Å². The van der Waals surface area contributed by atoms with Gasteiger partial charge in [-0.25, -0.2) is 0 Å². The Morgan fingerprint density at radius 3 is 2.60 bits per heavy atom. The first-order valence-electron chi connectivity index (χ1n) is 9.09. The van der Waals surface area contributed by atoms with Gasteiger partial charge in [0.1, 0.15) is 11.3 Å². The van der Waals surface area contributed by atoms with Gasteiger partial charge < -0.3 is 5.11 Å². The SMILES string of the molecule is CC1CCN(Cc2cc(-c3ccccc3)c3cccnc3c2O)CC1. The van der Waals surface area contributed by atoms with Crippen LogP contribution in [0.1, 0.15) is 25.3 Å². The largest absolute Gasteiger partial charge is 0.505 e. The maximum Gasteiger partial charge on any atom is 0.146 e. The van der Waals surface area contributed by atoms with Gasteiger partial charge in [0.15, 0.2) is 0 Å². The molecule has 0 aliphatic carbocycles. The standard InChI is InChI=1S/C22H24N2O/c1-16-9-12-24(13-10-16)15-18-14-20(17-6-3-2-4-7-17)19-8-5-11-23-21(19)22(18)25/h2-8,11,14,16,25H,9-10,12-13,15H2,1H3. The number of rotatable bonds is 3. The number of nitrogens with zero attached hydrogens (tertiary/aromatic N) is 2. The zero-order chi connectivity index (χ0) is 17.2.